The van der Waals surface area contributed by atoms with E-state index in [1.54, 1.807) is 24.3 Å². The summed E-state index contributed by atoms with van der Waals surface area (Å²) in [7, 11) is 1.46. The molecule has 1 aromatic carbocycles. The van der Waals surface area contributed by atoms with Crippen LogP contribution in [-0.4, -0.2) is 37.5 Å². The normalized spacial score (nSPS) is 11.2. The van der Waals surface area contributed by atoms with Crippen LogP contribution in [0.4, 0.5) is 0 Å². The van der Waals surface area contributed by atoms with Gasteiger partial charge in [0.2, 0.25) is 5.78 Å². The molecule has 0 heterocycles. The van der Waals surface area contributed by atoms with E-state index in [0.717, 1.165) is 0 Å². The van der Waals surface area contributed by atoms with Crippen molar-refractivity contribution in [2.75, 3.05) is 20.3 Å². The van der Waals surface area contributed by atoms with Crippen LogP contribution >= 0.6 is 0 Å². The molecule has 106 valence electrons. The van der Waals surface area contributed by atoms with Gasteiger partial charge >= 0.3 is 0 Å². The number of aliphatic hydroxyl groups excluding tert-OH is 1. The Hall–Kier alpha value is -2.39. The summed E-state index contributed by atoms with van der Waals surface area (Å²) in [6, 6.07) is 6.74. The third-order valence-corrected chi connectivity index (χ3v) is 2.63. The smallest absolute Gasteiger partial charge is 0.212 e. The second-order valence-corrected chi connectivity index (χ2v) is 3.96. The quantitative estimate of drug-likeness (QED) is 0.549. The van der Waals surface area contributed by atoms with Crippen molar-refractivity contribution < 1.29 is 24.2 Å². The molecule has 6 heteroatoms. The lowest BCUT2D eigenvalue weighted by Gasteiger charge is -2.12. The van der Waals surface area contributed by atoms with Crippen molar-refractivity contribution in [2.45, 2.75) is 6.42 Å². The maximum absolute atomic E-state index is 11.2. The number of benzene rings is 1. The van der Waals surface area contributed by atoms with E-state index in [-0.39, 0.29) is 25.9 Å². The predicted molar refractivity (Wildman–Crippen MR) is 69.5 cm³/mol. The van der Waals surface area contributed by atoms with Gasteiger partial charge in [0, 0.05) is 0 Å². The highest BCUT2D eigenvalue weighted by molar-refractivity contribution is 6.26. The number of hydrogen-bond donors (Lipinski definition) is 1. The topological polar surface area (TPSA) is 96.6 Å². The number of ketones is 1. The highest BCUT2D eigenvalue weighted by Crippen LogP contribution is 2.28. The standard InChI is InChI=1S/C14H15NO5/c1-19-14-7-10(2-3-13(14)20-5-4-16)6-11(8-15)12(18)9-17/h2-3,7,9,11,16H,4-6H2,1H3. The van der Waals surface area contributed by atoms with Gasteiger partial charge in [-0.05, 0) is 24.1 Å². The number of nitrogens with zero attached hydrogens (tertiary/aromatic N) is 1. The van der Waals surface area contributed by atoms with Crippen molar-refractivity contribution >= 4 is 12.1 Å². The zero-order valence-corrected chi connectivity index (χ0v) is 11.0. The highest BCUT2D eigenvalue weighted by Gasteiger charge is 2.18. The molecule has 0 aromatic heterocycles. The Labute approximate surface area is 116 Å². The van der Waals surface area contributed by atoms with Crippen molar-refractivity contribution in [3.8, 4) is 17.6 Å². The number of aliphatic hydroxyl groups is 1. The minimum Gasteiger partial charge on any atom is -0.493 e. The van der Waals surface area contributed by atoms with Crippen LogP contribution in [0.5, 0.6) is 11.5 Å². The first-order chi connectivity index (χ1) is 9.65. The fourth-order valence-corrected chi connectivity index (χ4v) is 1.64. The number of carbonyl (C=O) groups is 2. The molecule has 0 saturated carbocycles. The highest BCUT2D eigenvalue weighted by atomic mass is 16.5. The zero-order chi connectivity index (χ0) is 15.0. The van der Waals surface area contributed by atoms with Gasteiger partial charge in [-0.15, -0.1) is 0 Å². The third kappa shape index (κ3) is 4.07. The number of methoxy groups -OCH3 is 1. The summed E-state index contributed by atoms with van der Waals surface area (Å²) in [5, 5.41) is 17.6. The first-order valence-corrected chi connectivity index (χ1v) is 5.95. The van der Waals surface area contributed by atoms with Gasteiger partial charge in [-0.25, -0.2) is 0 Å². The van der Waals surface area contributed by atoms with E-state index < -0.39 is 11.7 Å². The number of ether oxygens (including phenoxy) is 2. The average Bonchev–Trinajstić information content (AvgIpc) is 2.50. The largest absolute Gasteiger partial charge is 0.493 e. The summed E-state index contributed by atoms with van der Waals surface area (Å²) in [4.78, 5) is 21.7. The molecule has 0 fully saturated rings. The van der Waals surface area contributed by atoms with Gasteiger partial charge in [-0.3, -0.25) is 9.59 Å². The summed E-state index contributed by atoms with van der Waals surface area (Å²) < 4.78 is 10.4. The fourth-order valence-electron chi connectivity index (χ4n) is 1.64. The van der Waals surface area contributed by atoms with Crippen LogP contribution in [0.15, 0.2) is 18.2 Å². The zero-order valence-electron chi connectivity index (χ0n) is 11.0. The first-order valence-electron chi connectivity index (χ1n) is 5.95. The number of aldehydes is 1. The number of nitriles is 1. The lowest BCUT2D eigenvalue weighted by molar-refractivity contribution is -0.131. The van der Waals surface area contributed by atoms with Gasteiger partial charge < -0.3 is 14.6 Å². The first kappa shape index (κ1) is 15.7. The molecular weight excluding hydrogens is 262 g/mol. The minimum absolute atomic E-state index is 0.116. The summed E-state index contributed by atoms with van der Waals surface area (Å²) in [6.45, 7) is 0.0232. The summed E-state index contributed by atoms with van der Waals surface area (Å²) in [5.74, 6) is -0.847. The lowest BCUT2D eigenvalue weighted by atomic mass is 9.97. The molecule has 1 unspecified atom stereocenters. The number of hydrogen-bond acceptors (Lipinski definition) is 6. The number of Topliss-reactive ketones (excluding diaryl/α,β-unsaturated/α-hetero) is 1. The Morgan fingerprint density at radius 2 is 2.25 bits per heavy atom. The summed E-state index contributed by atoms with van der Waals surface area (Å²) >= 11 is 0. The molecule has 6 nitrogen and oxygen atoms in total. The van der Waals surface area contributed by atoms with E-state index in [0.29, 0.717) is 17.1 Å². The van der Waals surface area contributed by atoms with Gasteiger partial charge in [0.25, 0.3) is 0 Å². The minimum atomic E-state index is -0.999. The maximum atomic E-state index is 11.2. The molecule has 1 aromatic rings. The summed E-state index contributed by atoms with van der Waals surface area (Å²) in [6.07, 6.45) is 0.286. The van der Waals surface area contributed by atoms with Crippen LogP contribution in [0.3, 0.4) is 0 Å². The molecule has 1 rings (SSSR count). The van der Waals surface area contributed by atoms with Gasteiger partial charge in [-0.2, -0.15) is 5.26 Å². The van der Waals surface area contributed by atoms with E-state index in [2.05, 4.69) is 0 Å². The van der Waals surface area contributed by atoms with Crippen LogP contribution in [0.1, 0.15) is 5.56 Å². The van der Waals surface area contributed by atoms with Crippen LogP contribution in [0.25, 0.3) is 0 Å². The van der Waals surface area contributed by atoms with Gasteiger partial charge in [0.1, 0.15) is 12.5 Å². The Kier molecular flexibility index (Phi) is 6.20. The van der Waals surface area contributed by atoms with Crippen molar-refractivity contribution in [3.63, 3.8) is 0 Å². The van der Waals surface area contributed by atoms with Gasteiger partial charge in [0.05, 0.1) is 19.8 Å². The van der Waals surface area contributed by atoms with E-state index in [1.165, 1.54) is 7.11 Å². The lowest BCUT2D eigenvalue weighted by Crippen LogP contribution is -2.16. The van der Waals surface area contributed by atoms with Gasteiger partial charge in [0.15, 0.2) is 17.8 Å². The Balaban J connectivity index is 2.89. The van der Waals surface area contributed by atoms with E-state index in [1.807, 2.05) is 0 Å². The Bertz CT molecular complexity index is 521. The van der Waals surface area contributed by atoms with Gasteiger partial charge in [-0.1, -0.05) is 6.07 Å². The fraction of sp³-hybridized carbons (Fsp3) is 0.357. The molecule has 0 saturated heterocycles. The number of rotatable bonds is 8. The van der Waals surface area contributed by atoms with E-state index in [9.17, 15) is 9.59 Å². The van der Waals surface area contributed by atoms with E-state index in [4.69, 9.17) is 19.8 Å². The molecular formula is C14H15NO5. The molecule has 20 heavy (non-hydrogen) atoms. The van der Waals surface area contributed by atoms with Crippen LogP contribution < -0.4 is 9.47 Å². The molecule has 1 atom stereocenters. The Morgan fingerprint density at radius 1 is 1.50 bits per heavy atom. The summed E-state index contributed by atoms with van der Waals surface area (Å²) in [5.41, 5.74) is 0.681. The SMILES string of the molecule is COc1cc(CC(C#N)C(=O)C=O)ccc1OCCO. The van der Waals surface area contributed by atoms with Crippen molar-refractivity contribution in [3.05, 3.63) is 23.8 Å². The van der Waals surface area contributed by atoms with E-state index >= 15 is 0 Å². The average molecular weight is 277 g/mol. The molecule has 0 bridgehead atoms. The van der Waals surface area contributed by atoms with Crippen molar-refractivity contribution in [1.29, 1.82) is 5.26 Å². The second kappa shape index (κ2) is 7.92. The van der Waals surface area contributed by atoms with Crippen LogP contribution in [0, 0.1) is 17.2 Å². The third-order valence-electron chi connectivity index (χ3n) is 2.63. The Morgan fingerprint density at radius 3 is 2.80 bits per heavy atom. The molecule has 0 amide bonds. The number of carbonyl (C=O) groups excluding carboxylic acids is 2. The van der Waals surface area contributed by atoms with Crippen LogP contribution in [0.2, 0.25) is 0 Å². The molecule has 0 aliphatic heterocycles. The monoisotopic (exact) mass is 277 g/mol. The maximum Gasteiger partial charge on any atom is 0.212 e. The molecule has 0 radical (unpaired) electrons. The van der Waals surface area contributed by atoms with Crippen LogP contribution in [-0.2, 0) is 16.0 Å². The second-order valence-electron chi connectivity index (χ2n) is 3.96. The molecule has 1 N–H and O–H groups in total. The van der Waals surface area contributed by atoms with Crippen molar-refractivity contribution in [2.24, 2.45) is 5.92 Å². The van der Waals surface area contributed by atoms with Crippen molar-refractivity contribution in [1.82, 2.24) is 0 Å². The molecule has 0 aliphatic rings. The molecule has 0 aliphatic carbocycles. The predicted octanol–water partition coefficient (Wildman–Crippen LogP) is 0.517. The molecule has 0 spiro atoms.